The second-order valence-electron chi connectivity index (χ2n) is 5.06. The Morgan fingerprint density at radius 1 is 1.39 bits per heavy atom. The quantitative estimate of drug-likeness (QED) is 0.870. The van der Waals surface area contributed by atoms with Crippen LogP contribution in [0.5, 0.6) is 0 Å². The van der Waals surface area contributed by atoms with Crippen molar-refractivity contribution < 1.29 is 9.53 Å². The first-order valence-corrected chi connectivity index (χ1v) is 6.37. The molecular weight excluding hydrogens is 273 g/mol. The highest BCUT2D eigenvalue weighted by Gasteiger charge is 2.23. The van der Waals surface area contributed by atoms with E-state index in [2.05, 4.69) is 0 Å². The number of ether oxygens (including phenoxy) is 1. The van der Waals surface area contributed by atoms with Crippen LogP contribution in [-0.2, 0) is 16.0 Å². The van der Waals surface area contributed by atoms with Crippen LogP contribution < -0.4 is 5.73 Å². The Balaban J connectivity index is 2.73. The van der Waals surface area contributed by atoms with Gasteiger partial charge >= 0.3 is 5.97 Å². The summed E-state index contributed by atoms with van der Waals surface area (Å²) in [6, 6.07) is 4.50. The lowest BCUT2D eigenvalue weighted by molar-refractivity contribution is -0.156. The molecule has 0 aromatic heterocycles. The monoisotopic (exact) mass is 289 g/mol. The van der Waals surface area contributed by atoms with Crippen molar-refractivity contribution in [1.82, 2.24) is 0 Å². The summed E-state index contributed by atoms with van der Waals surface area (Å²) in [5, 5.41) is 0.878. The zero-order valence-corrected chi connectivity index (χ0v) is 12.2. The summed E-state index contributed by atoms with van der Waals surface area (Å²) in [4.78, 5) is 11.7. The Labute approximate surface area is 117 Å². The molecule has 0 spiro atoms. The van der Waals surface area contributed by atoms with Crippen LogP contribution in [0.3, 0.4) is 0 Å². The lowest BCUT2D eigenvalue weighted by Crippen LogP contribution is -2.38. The van der Waals surface area contributed by atoms with Crippen LogP contribution in [0.4, 0.5) is 0 Å². The van der Waals surface area contributed by atoms with E-state index in [1.54, 1.807) is 39.0 Å². The molecule has 0 bridgehead atoms. The largest absolute Gasteiger partial charge is 0.459 e. The van der Waals surface area contributed by atoms with E-state index in [1.807, 2.05) is 0 Å². The number of halogens is 2. The Bertz CT molecular complexity index is 441. The number of carbonyl (C=O) groups is 1. The number of hydrogen-bond acceptors (Lipinski definition) is 3. The fraction of sp³-hybridized carbons (Fsp3) is 0.462. The standard InChI is InChI=1S/C13H17Cl2NO2/c1-13(2,3)18-12(17)10(16)7-8-5-4-6-9(14)11(8)15/h4-6,10H,7,16H2,1-3H3. The van der Waals surface area contributed by atoms with Gasteiger partial charge in [0.2, 0.25) is 0 Å². The second kappa shape index (κ2) is 5.91. The van der Waals surface area contributed by atoms with E-state index in [-0.39, 0.29) is 0 Å². The van der Waals surface area contributed by atoms with Crippen LogP contribution in [0, 0.1) is 0 Å². The van der Waals surface area contributed by atoms with E-state index in [9.17, 15) is 4.79 Å². The van der Waals surface area contributed by atoms with Gasteiger partial charge in [0.1, 0.15) is 11.6 Å². The van der Waals surface area contributed by atoms with Crippen molar-refractivity contribution in [3.05, 3.63) is 33.8 Å². The summed E-state index contributed by atoms with van der Waals surface area (Å²) in [6.45, 7) is 5.39. The molecule has 0 heterocycles. The van der Waals surface area contributed by atoms with E-state index in [1.165, 1.54) is 0 Å². The third kappa shape index (κ3) is 4.48. The summed E-state index contributed by atoms with van der Waals surface area (Å²) in [6.07, 6.45) is 0.300. The topological polar surface area (TPSA) is 52.3 Å². The molecule has 1 aromatic rings. The Morgan fingerprint density at radius 2 is 2.00 bits per heavy atom. The van der Waals surface area contributed by atoms with Gasteiger partial charge in [-0.2, -0.15) is 0 Å². The number of rotatable bonds is 3. The van der Waals surface area contributed by atoms with Crippen molar-refractivity contribution in [2.75, 3.05) is 0 Å². The Kier molecular flexibility index (Phi) is 5.02. The fourth-order valence-electron chi connectivity index (χ4n) is 1.40. The van der Waals surface area contributed by atoms with Crippen molar-refractivity contribution in [2.24, 2.45) is 5.73 Å². The molecule has 0 fully saturated rings. The first-order valence-electron chi connectivity index (χ1n) is 5.62. The zero-order valence-electron chi connectivity index (χ0n) is 10.7. The van der Waals surface area contributed by atoms with Crippen molar-refractivity contribution in [3.63, 3.8) is 0 Å². The van der Waals surface area contributed by atoms with Crippen molar-refractivity contribution >= 4 is 29.2 Å². The number of esters is 1. The Morgan fingerprint density at radius 3 is 2.56 bits per heavy atom. The number of hydrogen-bond donors (Lipinski definition) is 1. The molecule has 0 saturated heterocycles. The molecule has 2 N–H and O–H groups in total. The van der Waals surface area contributed by atoms with Gasteiger partial charge in [-0.1, -0.05) is 35.3 Å². The molecular formula is C13H17Cl2NO2. The van der Waals surface area contributed by atoms with Crippen LogP contribution >= 0.6 is 23.2 Å². The normalized spacial score (nSPS) is 13.2. The van der Waals surface area contributed by atoms with Gasteiger partial charge in [-0.25, -0.2) is 0 Å². The molecule has 0 saturated carbocycles. The maximum absolute atomic E-state index is 11.7. The van der Waals surface area contributed by atoms with Gasteiger partial charge in [0.15, 0.2) is 0 Å². The molecule has 1 unspecified atom stereocenters. The fourth-order valence-corrected chi connectivity index (χ4v) is 1.80. The highest BCUT2D eigenvalue weighted by molar-refractivity contribution is 6.42. The lowest BCUT2D eigenvalue weighted by Gasteiger charge is -2.22. The van der Waals surface area contributed by atoms with E-state index >= 15 is 0 Å². The SMILES string of the molecule is CC(C)(C)OC(=O)C(N)Cc1cccc(Cl)c1Cl. The lowest BCUT2D eigenvalue weighted by atomic mass is 10.1. The summed E-state index contributed by atoms with van der Waals surface area (Å²) in [7, 11) is 0. The maximum Gasteiger partial charge on any atom is 0.323 e. The molecule has 0 aliphatic carbocycles. The molecule has 1 rings (SSSR count). The molecule has 0 radical (unpaired) electrons. The van der Waals surface area contributed by atoms with Gasteiger partial charge in [0.05, 0.1) is 10.0 Å². The Hall–Kier alpha value is -0.770. The first kappa shape index (κ1) is 15.3. The smallest absolute Gasteiger partial charge is 0.323 e. The van der Waals surface area contributed by atoms with Crippen molar-refractivity contribution in [1.29, 1.82) is 0 Å². The molecule has 100 valence electrons. The van der Waals surface area contributed by atoms with Gasteiger partial charge in [-0.3, -0.25) is 4.79 Å². The second-order valence-corrected chi connectivity index (χ2v) is 5.84. The van der Waals surface area contributed by atoms with Crippen LogP contribution in [0.2, 0.25) is 10.0 Å². The highest BCUT2D eigenvalue weighted by Crippen LogP contribution is 2.26. The van der Waals surface area contributed by atoms with Crippen LogP contribution in [0.15, 0.2) is 18.2 Å². The minimum absolute atomic E-state index is 0.300. The van der Waals surface area contributed by atoms with Crippen LogP contribution in [0.25, 0.3) is 0 Å². The molecule has 3 nitrogen and oxygen atoms in total. The summed E-state index contributed by atoms with van der Waals surface area (Å²) in [5.41, 5.74) is 5.99. The number of nitrogens with two attached hydrogens (primary N) is 1. The van der Waals surface area contributed by atoms with E-state index in [0.29, 0.717) is 16.5 Å². The predicted molar refractivity (Wildman–Crippen MR) is 74.0 cm³/mol. The van der Waals surface area contributed by atoms with Gasteiger partial charge in [0, 0.05) is 0 Å². The van der Waals surface area contributed by atoms with Gasteiger partial charge < -0.3 is 10.5 Å². The molecule has 0 amide bonds. The van der Waals surface area contributed by atoms with Gasteiger partial charge in [-0.15, -0.1) is 0 Å². The van der Waals surface area contributed by atoms with Gasteiger partial charge in [-0.05, 0) is 38.8 Å². The average molecular weight is 290 g/mol. The summed E-state index contributed by atoms with van der Waals surface area (Å²) in [5.74, 6) is -0.446. The minimum Gasteiger partial charge on any atom is -0.459 e. The highest BCUT2D eigenvalue weighted by atomic mass is 35.5. The molecule has 1 aromatic carbocycles. The molecule has 5 heteroatoms. The number of carbonyl (C=O) groups excluding carboxylic acids is 1. The first-order chi connectivity index (χ1) is 8.20. The van der Waals surface area contributed by atoms with E-state index in [0.717, 1.165) is 5.56 Å². The maximum atomic E-state index is 11.7. The van der Waals surface area contributed by atoms with Crippen molar-refractivity contribution in [3.8, 4) is 0 Å². The molecule has 18 heavy (non-hydrogen) atoms. The third-order valence-corrected chi connectivity index (χ3v) is 3.04. The van der Waals surface area contributed by atoms with E-state index < -0.39 is 17.6 Å². The minimum atomic E-state index is -0.750. The number of benzene rings is 1. The van der Waals surface area contributed by atoms with Crippen LogP contribution in [-0.4, -0.2) is 17.6 Å². The predicted octanol–water partition coefficient (Wildman–Crippen LogP) is 3.20. The average Bonchev–Trinajstić information content (AvgIpc) is 2.22. The third-order valence-electron chi connectivity index (χ3n) is 2.18. The summed E-state index contributed by atoms with van der Waals surface area (Å²) >= 11 is 11.9. The van der Waals surface area contributed by atoms with E-state index in [4.69, 9.17) is 33.7 Å². The zero-order chi connectivity index (χ0) is 13.9. The molecule has 0 aliphatic heterocycles. The molecule has 1 atom stereocenters. The van der Waals surface area contributed by atoms with Crippen molar-refractivity contribution in [2.45, 2.75) is 38.8 Å². The van der Waals surface area contributed by atoms with Gasteiger partial charge in [0.25, 0.3) is 0 Å². The molecule has 0 aliphatic rings. The van der Waals surface area contributed by atoms with Crippen LogP contribution in [0.1, 0.15) is 26.3 Å². The summed E-state index contributed by atoms with van der Waals surface area (Å²) < 4.78 is 5.20.